The fourth-order valence-electron chi connectivity index (χ4n) is 2.98. The van der Waals surface area contributed by atoms with Gasteiger partial charge < -0.3 is 26.8 Å². The largest absolute Gasteiger partial charge is 0.468 e. The first-order valence-electron chi connectivity index (χ1n) is 9.72. The molecule has 29 heavy (non-hydrogen) atoms. The zero-order valence-corrected chi connectivity index (χ0v) is 18.0. The molecular weight excluding hydrogens is 392 g/mol. The van der Waals surface area contributed by atoms with Crippen LogP contribution in [-0.2, 0) is 0 Å². The van der Waals surface area contributed by atoms with E-state index in [0.717, 1.165) is 25.9 Å². The van der Waals surface area contributed by atoms with Gasteiger partial charge in [-0.2, -0.15) is 0 Å². The number of nitrogen functional groups attached to an aromatic ring is 2. The molecule has 1 saturated heterocycles. The molecule has 0 radical (unpaired) electrons. The summed E-state index contributed by atoms with van der Waals surface area (Å²) in [5.41, 5.74) is 24.2. The van der Waals surface area contributed by atoms with Crippen molar-refractivity contribution in [3.8, 4) is 5.75 Å². The number of hydrogen-bond acceptors (Lipinski definition) is 9. The van der Waals surface area contributed by atoms with Gasteiger partial charge in [0.15, 0.2) is 12.0 Å². The van der Waals surface area contributed by atoms with E-state index in [2.05, 4.69) is 26.8 Å². The van der Waals surface area contributed by atoms with Crippen LogP contribution < -0.4 is 32.6 Å². The van der Waals surface area contributed by atoms with E-state index in [4.69, 9.17) is 39.3 Å². The third kappa shape index (κ3) is 5.37. The molecule has 1 aliphatic rings. The maximum absolute atomic E-state index is 6.08. The number of halogens is 1. The van der Waals surface area contributed by atoms with Crippen molar-refractivity contribution < 1.29 is 4.74 Å². The van der Waals surface area contributed by atoms with E-state index in [-0.39, 0.29) is 22.1 Å². The number of rotatable bonds is 5. The Bertz CT molecular complexity index is 811. The molecule has 1 atom stereocenters. The normalized spacial score (nSPS) is 16.6. The van der Waals surface area contributed by atoms with Crippen LogP contribution in [0.2, 0.25) is 5.02 Å². The van der Waals surface area contributed by atoms with Crippen molar-refractivity contribution in [2.24, 2.45) is 16.9 Å². The molecule has 0 spiro atoms. The first-order valence-corrected chi connectivity index (χ1v) is 10.1. The molecule has 160 valence electrons. The fourth-order valence-corrected chi connectivity index (χ4v) is 3.14. The number of ether oxygens (including phenoxy) is 1. The predicted octanol–water partition coefficient (Wildman–Crippen LogP) is 2.32. The standard InChI is InChI=1S/C17H25ClN8O.C2H6/c1-17(9-19)3-6-26(7-4-17)11-8-24-13(15(21)25-11)16(22)27-10-2-5-23-14(20)12(10)18;1-2/h2,5,8,16H,3-4,6-7,9,19,22H2,1H3,(H2,20,23)(H2,21,25);1-2H3. The van der Waals surface area contributed by atoms with Crippen molar-refractivity contribution in [3.05, 3.63) is 29.2 Å². The monoisotopic (exact) mass is 422 g/mol. The average molecular weight is 423 g/mol. The minimum atomic E-state index is -0.937. The van der Waals surface area contributed by atoms with Crippen molar-refractivity contribution in [3.63, 3.8) is 0 Å². The number of anilines is 3. The lowest BCUT2D eigenvalue weighted by Gasteiger charge is -2.39. The second-order valence-corrected chi connectivity index (χ2v) is 7.43. The summed E-state index contributed by atoms with van der Waals surface area (Å²) in [5, 5.41) is 0.187. The van der Waals surface area contributed by atoms with Gasteiger partial charge in [0.25, 0.3) is 0 Å². The fraction of sp³-hybridized carbons (Fsp3) is 0.526. The van der Waals surface area contributed by atoms with Crippen molar-refractivity contribution in [1.29, 1.82) is 0 Å². The summed E-state index contributed by atoms with van der Waals surface area (Å²) in [6.45, 7) is 8.61. The van der Waals surface area contributed by atoms with E-state index in [1.165, 1.54) is 6.20 Å². The molecule has 3 heterocycles. The molecule has 0 aromatic carbocycles. The molecule has 8 N–H and O–H groups in total. The molecule has 0 saturated carbocycles. The summed E-state index contributed by atoms with van der Waals surface area (Å²) in [4.78, 5) is 14.8. The first kappa shape index (κ1) is 22.9. The smallest absolute Gasteiger partial charge is 0.194 e. The molecule has 0 amide bonds. The number of pyridine rings is 1. The van der Waals surface area contributed by atoms with Gasteiger partial charge in [0.05, 0.1) is 6.20 Å². The highest BCUT2D eigenvalue weighted by molar-refractivity contribution is 6.34. The van der Waals surface area contributed by atoms with Gasteiger partial charge in [0.2, 0.25) is 0 Å². The van der Waals surface area contributed by atoms with Crippen LogP contribution in [0.25, 0.3) is 0 Å². The number of piperidine rings is 1. The number of nitrogens with two attached hydrogens (primary N) is 4. The van der Waals surface area contributed by atoms with Gasteiger partial charge >= 0.3 is 0 Å². The Kier molecular flexibility index (Phi) is 7.83. The number of aromatic nitrogens is 3. The molecule has 10 heteroatoms. The van der Waals surface area contributed by atoms with Crippen LogP contribution in [0, 0.1) is 5.41 Å². The Morgan fingerprint density at radius 2 is 1.86 bits per heavy atom. The Hall–Kier alpha value is -2.36. The first-order chi connectivity index (χ1) is 13.8. The van der Waals surface area contributed by atoms with Crippen molar-refractivity contribution >= 4 is 29.1 Å². The van der Waals surface area contributed by atoms with Crippen LogP contribution in [0.1, 0.15) is 45.5 Å². The van der Waals surface area contributed by atoms with Crippen LogP contribution >= 0.6 is 11.6 Å². The quantitative estimate of drug-likeness (QED) is 0.531. The lowest BCUT2D eigenvalue weighted by molar-refractivity contribution is 0.209. The van der Waals surface area contributed by atoms with Gasteiger partial charge in [-0.3, -0.25) is 5.73 Å². The van der Waals surface area contributed by atoms with Gasteiger partial charge in [-0.25, -0.2) is 15.0 Å². The van der Waals surface area contributed by atoms with E-state index in [9.17, 15) is 0 Å². The third-order valence-corrected chi connectivity index (χ3v) is 5.39. The van der Waals surface area contributed by atoms with Gasteiger partial charge in [-0.05, 0) is 24.8 Å². The lowest BCUT2D eigenvalue weighted by Crippen LogP contribution is -2.42. The maximum Gasteiger partial charge on any atom is 0.194 e. The number of hydrogen-bond donors (Lipinski definition) is 4. The highest BCUT2D eigenvalue weighted by Crippen LogP contribution is 2.33. The molecule has 3 rings (SSSR count). The van der Waals surface area contributed by atoms with Crippen LogP contribution in [0.3, 0.4) is 0 Å². The zero-order valence-electron chi connectivity index (χ0n) is 17.2. The zero-order chi connectivity index (χ0) is 21.6. The lowest BCUT2D eigenvalue weighted by atomic mass is 9.80. The van der Waals surface area contributed by atoms with E-state index < -0.39 is 6.23 Å². The second kappa shape index (κ2) is 9.91. The van der Waals surface area contributed by atoms with Crippen LogP contribution in [-0.4, -0.2) is 34.6 Å². The molecule has 2 aromatic heterocycles. The molecule has 0 aliphatic carbocycles. The average Bonchev–Trinajstić information content (AvgIpc) is 2.73. The summed E-state index contributed by atoms with van der Waals surface area (Å²) in [6, 6.07) is 1.57. The summed E-state index contributed by atoms with van der Waals surface area (Å²) in [5.74, 6) is 1.39. The Labute approximate surface area is 176 Å². The summed E-state index contributed by atoms with van der Waals surface area (Å²) < 4.78 is 5.64. The molecule has 2 aromatic rings. The van der Waals surface area contributed by atoms with Crippen molar-refractivity contribution in [2.75, 3.05) is 36.0 Å². The van der Waals surface area contributed by atoms with Gasteiger partial charge in [0, 0.05) is 25.4 Å². The van der Waals surface area contributed by atoms with Crippen molar-refractivity contribution in [1.82, 2.24) is 15.0 Å². The Morgan fingerprint density at radius 1 is 1.21 bits per heavy atom. The van der Waals surface area contributed by atoms with Gasteiger partial charge in [0.1, 0.15) is 28.1 Å². The third-order valence-electron chi connectivity index (χ3n) is 5.01. The minimum absolute atomic E-state index is 0.158. The van der Waals surface area contributed by atoms with Gasteiger partial charge in [-0.15, -0.1) is 0 Å². The topological polar surface area (TPSA) is 155 Å². The van der Waals surface area contributed by atoms with E-state index in [1.54, 1.807) is 12.3 Å². The van der Waals surface area contributed by atoms with Crippen LogP contribution in [0.4, 0.5) is 17.5 Å². The Morgan fingerprint density at radius 3 is 2.45 bits per heavy atom. The molecule has 0 bridgehead atoms. The molecule has 9 nitrogen and oxygen atoms in total. The minimum Gasteiger partial charge on any atom is -0.468 e. The molecule has 1 unspecified atom stereocenters. The second-order valence-electron chi connectivity index (χ2n) is 7.05. The highest BCUT2D eigenvalue weighted by atomic mass is 35.5. The van der Waals surface area contributed by atoms with E-state index in [1.807, 2.05) is 13.8 Å². The van der Waals surface area contributed by atoms with E-state index >= 15 is 0 Å². The maximum atomic E-state index is 6.08. The Balaban J connectivity index is 0.00000145. The van der Waals surface area contributed by atoms with Crippen molar-refractivity contribution in [2.45, 2.75) is 39.8 Å². The van der Waals surface area contributed by atoms with E-state index in [0.29, 0.717) is 23.8 Å². The van der Waals surface area contributed by atoms with Crippen LogP contribution in [0.5, 0.6) is 5.75 Å². The highest BCUT2D eigenvalue weighted by Gasteiger charge is 2.29. The van der Waals surface area contributed by atoms with Gasteiger partial charge in [-0.1, -0.05) is 32.4 Å². The summed E-state index contributed by atoms with van der Waals surface area (Å²) in [6.07, 6.45) is 4.19. The predicted molar refractivity (Wildman–Crippen MR) is 118 cm³/mol. The summed E-state index contributed by atoms with van der Waals surface area (Å²) in [7, 11) is 0. The molecular formula is C19H31ClN8O. The summed E-state index contributed by atoms with van der Waals surface area (Å²) >= 11 is 6.08. The van der Waals surface area contributed by atoms with Crippen LogP contribution in [0.15, 0.2) is 18.5 Å². The molecule has 1 aliphatic heterocycles. The molecule has 1 fully saturated rings. The SMILES string of the molecule is CC.CC1(CN)CCN(c2cnc(C(N)Oc3ccnc(N)c3Cl)c(N)n2)CC1. The number of nitrogens with zero attached hydrogens (tertiary/aromatic N) is 4.